The van der Waals surface area contributed by atoms with E-state index in [-0.39, 0.29) is 18.2 Å². The Morgan fingerprint density at radius 1 is 1.21 bits per heavy atom. The van der Waals surface area contributed by atoms with Gasteiger partial charge in [0.2, 0.25) is 5.91 Å². The molecule has 0 saturated carbocycles. The van der Waals surface area contributed by atoms with Crippen LogP contribution in [0.5, 0.6) is 5.75 Å². The Morgan fingerprint density at radius 2 is 1.96 bits per heavy atom. The SMILES string of the molecule is COc1ccc(CN(C)CC(=O)Nc2cc(C)nn2-c2ccccc2)cc1F. The summed E-state index contributed by atoms with van der Waals surface area (Å²) in [6.45, 7) is 2.47. The van der Waals surface area contributed by atoms with Crippen molar-refractivity contribution >= 4 is 11.7 Å². The number of halogens is 1. The number of amides is 1. The van der Waals surface area contributed by atoms with Gasteiger partial charge in [-0.25, -0.2) is 9.07 Å². The summed E-state index contributed by atoms with van der Waals surface area (Å²) in [5.41, 5.74) is 2.44. The molecule has 1 aromatic heterocycles. The lowest BCUT2D eigenvalue weighted by Crippen LogP contribution is -2.30. The number of methoxy groups -OCH3 is 1. The van der Waals surface area contributed by atoms with Crippen molar-refractivity contribution in [2.24, 2.45) is 0 Å². The maximum atomic E-state index is 13.8. The topological polar surface area (TPSA) is 59.4 Å². The van der Waals surface area contributed by atoms with Crippen LogP contribution >= 0.6 is 0 Å². The Balaban J connectivity index is 1.64. The van der Waals surface area contributed by atoms with Crippen LogP contribution in [0.15, 0.2) is 54.6 Å². The van der Waals surface area contributed by atoms with Crippen molar-refractivity contribution in [3.63, 3.8) is 0 Å². The molecule has 7 heteroatoms. The molecule has 3 rings (SSSR count). The van der Waals surface area contributed by atoms with Crippen LogP contribution < -0.4 is 10.1 Å². The molecular formula is C21H23FN4O2. The smallest absolute Gasteiger partial charge is 0.239 e. The van der Waals surface area contributed by atoms with E-state index >= 15 is 0 Å². The van der Waals surface area contributed by atoms with Gasteiger partial charge in [-0.15, -0.1) is 0 Å². The van der Waals surface area contributed by atoms with Gasteiger partial charge in [-0.1, -0.05) is 24.3 Å². The fraction of sp³-hybridized carbons (Fsp3) is 0.238. The van der Waals surface area contributed by atoms with E-state index in [1.807, 2.05) is 55.3 Å². The molecule has 0 aliphatic rings. The van der Waals surface area contributed by atoms with E-state index in [0.717, 1.165) is 16.9 Å². The van der Waals surface area contributed by atoms with Gasteiger partial charge in [-0.05, 0) is 43.8 Å². The number of ether oxygens (including phenoxy) is 1. The van der Waals surface area contributed by atoms with Crippen molar-refractivity contribution in [3.05, 3.63) is 71.7 Å². The van der Waals surface area contributed by atoms with Gasteiger partial charge in [0.25, 0.3) is 0 Å². The summed E-state index contributed by atoms with van der Waals surface area (Å²) in [5, 5.41) is 7.34. The highest BCUT2D eigenvalue weighted by Gasteiger charge is 2.13. The minimum absolute atomic E-state index is 0.159. The van der Waals surface area contributed by atoms with E-state index in [1.54, 1.807) is 16.8 Å². The first kappa shape index (κ1) is 19.6. The maximum Gasteiger partial charge on any atom is 0.239 e. The number of rotatable bonds is 7. The Morgan fingerprint density at radius 3 is 2.64 bits per heavy atom. The summed E-state index contributed by atoms with van der Waals surface area (Å²) in [4.78, 5) is 14.3. The maximum absolute atomic E-state index is 13.8. The number of carbonyl (C=O) groups excluding carboxylic acids is 1. The van der Waals surface area contributed by atoms with Crippen molar-refractivity contribution in [2.45, 2.75) is 13.5 Å². The van der Waals surface area contributed by atoms with E-state index in [0.29, 0.717) is 12.4 Å². The molecule has 0 aliphatic carbocycles. The standard InChI is InChI=1S/C21H23FN4O2/c1-15-11-20(26(24-15)17-7-5-4-6-8-17)23-21(27)14-25(2)13-16-9-10-19(28-3)18(22)12-16/h4-12H,13-14H2,1-3H3,(H,23,27). The summed E-state index contributed by atoms with van der Waals surface area (Å²) < 4.78 is 20.5. The number of hydrogen-bond acceptors (Lipinski definition) is 4. The van der Waals surface area contributed by atoms with Gasteiger partial charge < -0.3 is 10.1 Å². The lowest BCUT2D eigenvalue weighted by Gasteiger charge is -2.17. The van der Waals surface area contributed by atoms with Crippen molar-refractivity contribution in [1.29, 1.82) is 0 Å². The van der Waals surface area contributed by atoms with Crippen molar-refractivity contribution in [1.82, 2.24) is 14.7 Å². The van der Waals surface area contributed by atoms with Crippen LogP contribution in [-0.4, -0.2) is 41.3 Å². The number of nitrogens with one attached hydrogen (secondary N) is 1. The van der Waals surface area contributed by atoms with E-state index in [9.17, 15) is 9.18 Å². The van der Waals surface area contributed by atoms with Gasteiger partial charge in [-0.2, -0.15) is 5.10 Å². The summed E-state index contributed by atoms with van der Waals surface area (Å²) in [7, 11) is 3.23. The van der Waals surface area contributed by atoms with Gasteiger partial charge in [0.1, 0.15) is 5.82 Å². The number of carbonyl (C=O) groups is 1. The normalized spacial score (nSPS) is 10.9. The Kier molecular flexibility index (Phi) is 6.06. The highest BCUT2D eigenvalue weighted by molar-refractivity contribution is 5.91. The number of hydrogen-bond donors (Lipinski definition) is 1. The minimum atomic E-state index is -0.417. The third-order valence-corrected chi connectivity index (χ3v) is 4.18. The van der Waals surface area contributed by atoms with Crippen LogP contribution in [0.4, 0.5) is 10.2 Å². The molecule has 1 amide bonds. The molecule has 1 N–H and O–H groups in total. The number of likely N-dealkylation sites (N-methyl/N-ethyl adjacent to an activating group) is 1. The largest absolute Gasteiger partial charge is 0.494 e. The van der Waals surface area contributed by atoms with Crippen molar-refractivity contribution in [2.75, 3.05) is 26.0 Å². The molecule has 0 unspecified atom stereocenters. The molecule has 0 bridgehead atoms. The van der Waals surface area contributed by atoms with E-state index < -0.39 is 5.82 Å². The predicted molar refractivity (Wildman–Crippen MR) is 106 cm³/mol. The van der Waals surface area contributed by atoms with E-state index in [2.05, 4.69) is 10.4 Å². The molecule has 3 aromatic rings. The quantitative estimate of drug-likeness (QED) is 0.680. The van der Waals surface area contributed by atoms with Gasteiger partial charge in [-0.3, -0.25) is 9.69 Å². The van der Waals surface area contributed by atoms with Gasteiger partial charge in [0, 0.05) is 12.6 Å². The zero-order chi connectivity index (χ0) is 20.1. The van der Waals surface area contributed by atoms with E-state index in [4.69, 9.17) is 4.74 Å². The van der Waals surface area contributed by atoms with Crippen LogP contribution in [0.1, 0.15) is 11.3 Å². The molecule has 0 aliphatic heterocycles. The number of aryl methyl sites for hydroxylation is 1. The molecule has 0 spiro atoms. The Bertz CT molecular complexity index is 956. The second-order valence-electron chi connectivity index (χ2n) is 6.61. The highest BCUT2D eigenvalue weighted by Crippen LogP contribution is 2.19. The number of para-hydroxylation sites is 1. The zero-order valence-electron chi connectivity index (χ0n) is 16.1. The summed E-state index contributed by atoms with van der Waals surface area (Å²) in [5.74, 6) is 0.222. The lowest BCUT2D eigenvalue weighted by atomic mass is 10.2. The third-order valence-electron chi connectivity index (χ3n) is 4.18. The number of anilines is 1. The fourth-order valence-electron chi connectivity index (χ4n) is 2.96. The molecule has 0 radical (unpaired) electrons. The molecular weight excluding hydrogens is 359 g/mol. The minimum Gasteiger partial charge on any atom is -0.494 e. The second kappa shape index (κ2) is 8.67. The average Bonchev–Trinajstić information content (AvgIpc) is 3.02. The third kappa shape index (κ3) is 4.75. The molecule has 2 aromatic carbocycles. The number of benzene rings is 2. The summed E-state index contributed by atoms with van der Waals surface area (Å²) in [6, 6.07) is 16.2. The van der Waals surface area contributed by atoms with Crippen LogP contribution in [0.2, 0.25) is 0 Å². The van der Waals surface area contributed by atoms with Crippen LogP contribution in [-0.2, 0) is 11.3 Å². The first-order valence-corrected chi connectivity index (χ1v) is 8.89. The molecule has 6 nitrogen and oxygen atoms in total. The van der Waals surface area contributed by atoms with Crippen LogP contribution in [0.25, 0.3) is 5.69 Å². The highest BCUT2D eigenvalue weighted by atomic mass is 19.1. The predicted octanol–water partition coefficient (Wildman–Crippen LogP) is 3.40. The summed E-state index contributed by atoms with van der Waals surface area (Å²) >= 11 is 0. The molecule has 0 atom stereocenters. The average molecular weight is 382 g/mol. The van der Waals surface area contributed by atoms with Crippen molar-refractivity contribution in [3.8, 4) is 11.4 Å². The Labute approximate surface area is 163 Å². The number of nitrogens with zero attached hydrogens (tertiary/aromatic N) is 3. The molecule has 0 fully saturated rings. The van der Waals surface area contributed by atoms with Crippen LogP contribution in [0, 0.1) is 12.7 Å². The molecule has 28 heavy (non-hydrogen) atoms. The van der Waals surface area contributed by atoms with Gasteiger partial charge in [0.05, 0.1) is 25.0 Å². The fourth-order valence-corrected chi connectivity index (χ4v) is 2.96. The Hall–Kier alpha value is -3.19. The molecule has 146 valence electrons. The first-order valence-electron chi connectivity index (χ1n) is 8.89. The van der Waals surface area contributed by atoms with Crippen LogP contribution in [0.3, 0.4) is 0 Å². The van der Waals surface area contributed by atoms with Crippen molar-refractivity contribution < 1.29 is 13.9 Å². The second-order valence-corrected chi connectivity index (χ2v) is 6.61. The zero-order valence-corrected chi connectivity index (χ0v) is 16.1. The lowest BCUT2D eigenvalue weighted by molar-refractivity contribution is -0.117. The molecule has 0 saturated heterocycles. The van der Waals surface area contributed by atoms with Gasteiger partial charge in [0.15, 0.2) is 11.6 Å². The van der Waals surface area contributed by atoms with E-state index in [1.165, 1.54) is 13.2 Å². The van der Waals surface area contributed by atoms with Gasteiger partial charge >= 0.3 is 0 Å². The number of aromatic nitrogens is 2. The summed E-state index contributed by atoms with van der Waals surface area (Å²) in [6.07, 6.45) is 0. The first-order chi connectivity index (χ1) is 13.5. The molecule has 1 heterocycles. The monoisotopic (exact) mass is 382 g/mol.